The normalized spacial score (nSPS) is 19.7. The number of para-hydroxylation sites is 1. The van der Waals surface area contributed by atoms with E-state index in [1.807, 2.05) is 12.1 Å². The first-order valence-corrected chi connectivity index (χ1v) is 11.6. The number of hydrogen-bond donors (Lipinski definition) is 1. The van der Waals surface area contributed by atoms with Crippen LogP contribution in [0.2, 0.25) is 0 Å². The van der Waals surface area contributed by atoms with E-state index in [1.165, 1.54) is 6.07 Å². The Kier molecular flexibility index (Phi) is 6.99. The van der Waals surface area contributed by atoms with Gasteiger partial charge in [0.2, 0.25) is 11.8 Å². The maximum Gasteiger partial charge on any atom is 0.416 e. The third-order valence-corrected chi connectivity index (χ3v) is 6.53. The van der Waals surface area contributed by atoms with Gasteiger partial charge in [0.15, 0.2) is 0 Å². The number of carbonyl (C=O) groups is 1. The topological polar surface area (TPSA) is 50.7 Å². The lowest BCUT2D eigenvalue weighted by Gasteiger charge is -2.21. The van der Waals surface area contributed by atoms with Crippen molar-refractivity contribution in [3.05, 3.63) is 90.1 Å². The summed E-state index contributed by atoms with van der Waals surface area (Å²) in [5.41, 5.74) is 0.457. The van der Waals surface area contributed by atoms with Gasteiger partial charge in [-0.25, -0.2) is 4.99 Å². The molecule has 1 fully saturated rings. The molecule has 1 N–H and O–H groups in total. The Balaban J connectivity index is 1.48. The summed E-state index contributed by atoms with van der Waals surface area (Å²) in [6.45, 7) is 6.77. The second kappa shape index (κ2) is 9.64. The monoisotopic (exact) mass is 485 g/mol. The molecule has 34 heavy (non-hydrogen) atoms. The molecule has 2 aromatic rings. The lowest BCUT2D eigenvalue weighted by atomic mass is 9.88. The van der Waals surface area contributed by atoms with Gasteiger partial charge in [-0.1, -0.05) is 39.0 Å². The fraction of sp³-hybridized carbons (Fsp3) is 0.269. The Hall–Kier alpha value is -2.48. The highest BCUT2D eigenvalue weighted by molar-refractivity contribution is 8.02. The SMILES string of the molecule is CC(C)(C)[C@H]1COC(c2ccccc2NC(=O)[C]2[CH][CH][CH][C]2Sc2cccc(C(F)(F)F)c2)=N1. The van der Waals surface area contributed by atoms with E-state index in [1.54, 1.807) is 37.5 Å². The molecule has 0 saturated heterocycles. The van der Waals surface area contributed by atoms with Gasteiger partial charge in [-0.05, 0) is 55.0 Å². The Morgan fingerprint density at radius 3 is 2.56 bits per heavy atom. The number of alkyl halides is 3. The predicted molar refractivity (Wildman–Crippen MR) is 127 cm³/mol. The van der Waals surface area contributed by atoms with Gasteiger partial charge in [0.1, 0.15) is 6.61 Å². The van der Waals surface area contributed by atoms with Crippen LogP contribution >= 0.6 is 11.8 Å². The van der Waals surface area contributed by atoms with E-state index in [-0.39, 0.29) is 17.4 Å². The van der Waals surface area contributed by atoms with Crippen LogP contribution in [0.15, 0.2) is 58.4 Å². The molecule has 1 aliphatic carbocycles. The molecule has 1 atom stereocenters. The first-order valence-electron chi connectivity index (χ1n) is 10.7. The molecule has 4 nitrogen and oxygen atoms in total. The highest BCUT2D eigenvalue weighted by Crippen LogP contribution is 2.46. The second-order valence-electron chi connectivity index (χ2n) is 9.06. The lowest BCUT2D eigenvalue weighted by Crippen LogP contribution is -2.25. The van der Waals surface area contributed by atoms with Gasteiger partial charge in [-0.3, -0.25) is 4.79 Å². The van der Waals surface area contributed by atoms with Crippen molar-refractivity contribution in [3.8, 4) is 0 Å². The van der Waals surface area contributed by atoms with Gasteiger partial charge in [-0.2, -0.15) is 13.2 Å². The summed E-state index contributed by atoms with van der Waals surface area (Å²) in [4.78, 5) is 18.2. The molecule has 1 amide bonds. The first-order chi connectivity index (χ1) is 16.0. The smallest absolute Gasteiger partial charge is 0.416 e. The van der Waals surface area contributed by atoms with E-state index in [0.29, 0.717) is 39.8 Å². The largest absolute Gasteiger partial charge is 0.475 e. The van der Waals surface area contributed by atoms with Crippen LogP contribution in [0.5, 0.6) is 0 Å². The molecule has 8 heteroatoms. The summed E-state index contributed by atoms with van der Waals surface area (Å²) < 4.78 is 45.0. The van der Waals surface area contributed by atoms with Gasteiger partial charge >= 0.3 is 6.18 Å². The molecule has 0 aromatic heterocycles. The molecule has 177 valence electrons. The second-order valence-corrected chi connectivity index (χ2v) is 10.2. The molecule has 1 heterocycles. The number of aliphatic imine (C=N–C) groups is 1. The molecule has 0 bridgehead atoms. The molecule has 0 spiro atoms. The highest BCUT2D eigenvalue weighted by Gasteiger charge is 2.38. The van der Waals surface area contributed by atoms with Gasteiger partial charge in [0.25, 0.3) is 0 Å². The van der Waals surface area contributed by atoms with E-state index >= 15 is 0 Å². The van der Waals surface area contributed by atoms with Gasteiger partial charge < -0.3 is 10.1 Å². The van der Waals surface area contributed by atoms with Gasteiger partial charge in [0.05, 0.1) is 34.0 Å². The minimum Gasteiger partial charge on any atom is -0.475 e. The van der Waals surface area contributed by atoms with Crippen LogP contribution in [0.25, 0.3) is 0 Å². The maximum atomic E-state index is 13.1. The van der Waals surface area contributed by atoms with Crippen LogP contribution in [0.4, 0.5) is 18.9 Å². The van der Waals surface area contributed by atoms with Crippen molar-refractivity contribution in [3.63, 3.8) is 0 Å². The molecule has 2 aliphatic rings. The standard InChI is InChI=1S/C26H24F3N2O2S/c1-25(2,3)22-15-33-24(31-22)18-10-4-5-12-20(18)30-23(32)19-11-7-13-21(19)34-17-9-6-8-16(14-17)26(27,28)29/h4-14,22H,15H2,1-3H3,(H,30,32)/t22-/m1/s1. The average Bonchev–Trinajstić information content (AvgIpc) is 3.43. The summed E-state index contributed by atoms with van der Waals surface area (Å²) >= 11 is 1.11. The number of hydrogen-bond acceptors (Lipinski definition) is 4. The molecule has 2 aromatic carbocycles. The molecule has 1 aliphatic heterocycles. The van der Waals surface area contributed by atoms with Crippen molar-refractivity contribution in [1.29, 1.82) is 0 Å². The summed E-state index contributed by atoms with van der Waals surface area (Å²) in [7, 11) is 0. The van der Waals surface area contributed by atoms with Crippen LogP contribution in [0.3, 0.4) is 0 Å². The highest BCUT2D eigenvalue weighted by atomic mass is 32.2. The fourth-order valence-electron chi connectivity index (χ4n) is 3.48. The van der Waals surface area contributed by atoms with Gasteiger partial charge in [-0.15, -0.1) is 11.8 Å². The number of benzene rings is 2. The number of anilines is 1. The van der Waals surface area contributed by atoms with E-state index in [9.17, 15) is 18.0 Å². The van der Waals surface area contributed by atoms with Crippen molar-refractivity contribution in [1.82, 2.24) is 0 Å². The van der Waals surface area contributed by atoms with Crippen molar-refractivity contribution in [2.45, 2.75) is 37.9 Å². The number of amides is 1. The minimum atomic E-state index is -4.43. The zero-order chi connectivity index (χ0) is 24.5. The zero-order valence-electron chi connectivity index (χ0n) is 18.9. The van der Waals surface area contributed by atoms with Crippen LogP contribution in [0, 0.1) is 35.8 Å². The summed E-state index contributed by atoms with van der Waals surface area (Å²) in [5.74, 6) is 0.494. The number of thioether (sulfide) groups is 1. The Morgan fingerprint density at radius 1 is 1.09 bits per heavy atom. The molecule has 5 radical (unpaired) electrons. The zero-order valence-corrected chi connectivity index (χ0v) is 19.8. The molecule has 0 unspecified atom stereocenters. The lowest BCUT2D eigenvalue weighted by molar-refractivity contribution is -0.137. The predicted octanol–water partition coefficient (Wildman–Crippen LogP) is 6.36. The quantitative estimate of drug-likeness (QED) is 0.536. The van der Waals surface area contributed by atoms with Crippen molar-refractivity contribution in [2.75, 3.05) is 11.9 Å². The Bertz CT molecular complexity index is 1080. The van der Waals surface area contributed by atoms with E-state index in [0.717, 1.165) is 23.9 Å². The van der Waals surface area contributed by atoms with Crippen LogP contribution in [-0.4, -0.2) is 24.5 Å². The first kappa shape index (κ1) is 24.6. The van der Waals surface area contributed by atoms with E-state index < -0.39 is 11.7 Å². The van der Waals surface area contributed by atoms with E-state index in [2.05, 4.69) is 26.1 Å². The fourth-order valence-corrected chi connectivity index (χ4v) is 4.48. The van der Waals surface area contributed by atoms with Crippen molar-refractivity contribution in [2.24, 2.45) is 10.4 Å². The Morgan fingerprint density at radius 2 is 1.85 bits per heavy atom. The summed E-state index contributed by atoms with van der Waals surface area (Å²) in [6, 6.07) is 12.3. The third kappa shape index (κ3) is 5.59. The minimum absolute atomic E-state index is 0.0109. The number of nitrogens with one attached hydrogen (secondary N) is 1. The summed E-state index contributed by atoms with van der Waals surface area (Å²) in [5, 5.41) is 3.48. The number of carbonyl (C=O) groups excluding carboxylic acids is 1. The van der Waals surface area contributed by atoms with E-state index in [4.69, 9.17) is 9.73 Å². The number of ether oxygens (including phenoxy) is 1. The van der Waals surface area contributed by atoms with Gasteiger partial charge in [0, 0.05) is 4.90 Å². The van der Waals surface area contributed by atoms with Crippen molar-refractivity contribution >= 4 is 29.3 Å². The maximum absolute atomic E-state index is 13.1. The van der Waals surface area contributed by atoms with Crippen LogP contribution in [0.1, 0.15) is 31.9 Å². The summed E-state index contributed by atoms with van der Waals surface area (Å²) in [6.07, 6.45) is 0.634. The average molecular weight is 486 g/mol. The Labute approximate surface area is 202 Å². The number of nitrogens with zero attached hydrogens (tertiary/aromatic N) is 1. The molecule has 4 rings (SSSR count). The van der Waals surface area contributed by atoms with Crippen molar-refractivity contribution < 1.29 is 22.7 Å². The molecular weight excluding hydrogens is 461 g/mol. The molecule has 1 saturated carbocycles. The van der Waals surface area contributed by atoms with Crippen LogP contribution < -0.4 is 5.32 Å². The number of rotatable bonds is 5. The number of halogens is 3. The third-order valence-electron chi connectivity index (χ3n) is 5.47. The van der Waals surface area contributed by atoms with Crippen LogP contribution in [-0.2, 0) is 15.7 Å². The molecular formula is C26H24F3N2O2S.